The highest BCUT2D eigenvalue weighted by Crippen LogP contribution is 2.13. The summed E-state index contributed by atoms with van der Waals surface area (Å²) in [5.41, 5.74) is -0.997. The van der Waals surface area contributed by atoms with E-state index in [9.17, 15) is 4.39 Å². The molecular formula is C5H10BrF. The smallest absolute Gasteiger partial charge is 0.106 e. The summed E-state index contributed by atoms with van der Waals surface area (Å²) in [4.78, 5) is 0. The SMILES string of the molecule is CC(C)(F)CCBr. The van der Waals surface area contributed by atoms with E-state index in [1.54, 1.807) is 13.8 Å². The summed E-state index contributed by atoms with van der Waals surface area (Å²) in [6.45, 7) is 3.16. The molecule has 0 N–H and O–H groups in total. The van der Waals surface area contributed by atoms with Gasteiger partial charge in [0, 0.05) is 5.33 Å². The van der Waals surface area contributed by atoms with Crippen LogP contribution in [-0.2, 0) is 0 Å². The van der Waals surface area contributed by atoms with E-state index >= 15 is 0 Å². The summed E-state index contributed by atoms with van der Waals surface area (Å²) < 4.78 is 12.4. The molecule has 0 atom stereocenters. The van der Waals surface area contributed by atoms with Crippen LogP contribution >= 0.6 is 15.9 Å². The summed E-state index contributed by atoms with van der Waals surface area (Å²) in [6.07, 6.45) is 0.590. The van der Waals surface area contributed by atoms with Gasteiger partial charge in [-0.2, -0.15) is 0 Å². The lowest BCUT2D eigenvalue weighted by atomic mass is 10.1. The van der Waals surface area contributed by atoms with Crippen LogP contribution in [0.2, 0.25) is 0 Å². The van der Waals surface area contributed by atoms with Crippen molar-refractivity contribution in [3.05, 3.63) is 0 Å². The Morgan fingerprint density at radius 2 is 2.00 bits per heavy atom. The number of hydrogen-bond donors (Lipinski definition) is 0. The minimum absolute atomic E-state index is 0.590. The van der Waals surface area contributed by atoms with Gasteiger partial charge in [-0.15, -0.1) is 0 Å². The van der Waals surface area contributed by atoms with Crippen molar-refractivity contribution in [2.75, 3.05) is 5.33 Å². The highest BCUT2D eigenvalue weighted by atomic mass is 79.9. The van der Waals surface area contributed by atoms with E-state index in [0.717, 1.165) is 5.33 Å². The van der Waals surface area contributed by atoms with Gasteiger partial charge in [0.1, 0.15) is 5.67 Å². The average Bonchev–Trinajstić information content (AvgIpc) is 1.30. The maximum absolute atomic E-state index is 12.4. The van der Waals surface area contributed by atoms with E-state index in [4.69, 9.17) is 0 Å². The van der Waals surface area contributed by atoms with E-state index in [1.165, 1.54) is 0 Å². The Bertz CT molecular complexity index is 46.5. The molecule has 0 aromatic carbocycles. The van der Waals surface area contributed by atoms with Gasteiger partial charge in [0.15, 0.2) is 0 Å². The van der Waals surface area contributed by atoms with Gasteiger partial charge >= 0.3 is 0 Å². The zero-order chi connectivity index (χ0) is 5.91. The molecule has 7 heavy (non-hydrogen) atoms. The van der Waals surface area contributed by atoms with Crippen LogP contribution in [0.4, 0.5) is 4.39 Å². The fourth-order valence-electron chi connectivity index (χ4n) is 0.225. The molecule has 44 valence electrons. The van der Waals surface area contributed by atoms with Crippen LogP contribution in [-0.4, -0.2) is 11.0 Å². The Morgan fingerprint density at radius 1 is 1.57 bits per heavy atom. The van der Waals surface area contributed by atoms with Crippen LogP contribution in [0.3, 0.4) is 0 Å². The van der Waals surface area contributed by atoms with Crippen molar-refractivity contribution in [1.82, 2.24) is 0 Å². The van der Waals surface area contributed by atoms with Crippen LogP contribution in [0.5, 0.6) is 0 Å². The molecule has 0 fully saturated rings. The summed E-state index contributed by atoms with van der Waals surface area (Å²) in [5, 5.41) is 0.747. The lowest BCUT2D eigenvalue weighted by molar-refractivity contribution is 0.213. The lowest BCUT2D eigenvalue weighted by Crippen LogP contribution is -2.11. The molecule has 0 aromatic rings. The topological polar surface area (TPSA) is 0 Å². The van der Waals surface area contributed by atoms with Crippen molar-refractivity contribution in [2.24, 2.45) is 0 Å². The maximum atomic E-state index is 12.4. The van der Waals surface area contributed by atoms with Crippen molar-refractivity contribution >= 4 is 15.9 Å². The fourth-order valence-corrected chi connectivity index (χ4v) is 1.17. The van der Waals surface area contributed by atoms with Crippen molar-refractivity contribution < 1.29 is 4.39 Å². The Balaban J connectivity index is 3.15. The molecule has 0 aliphatic heterocycles. The molecule has 0 bridgehead atoms. The predicted molar refractivity (Wildman–Crippen MR) is 33.6 cm³/mol. The fraction of sp³-hybridized carbons (Fsp3) is 1.00. The Hall–Kier alpha value is 0.410. The van der Waals surface area contributed by atoms with Gasteiger partial charge in [0.2, 0.25) is 0 Å². The quantitative estimate of drug-likeness (QED) is 0.557. The van der Waals surface area contributed by atoms with E-state index in [-0.39, 0.29) is 0 Å². The lowest BCUT2D eigenvalue weighted by Gasteiger charge is -2.09. The van der Waals surface area contributed by atoms with E-state index in [2.05, 4.69) is 15.9 Å². The van der Waals surface area contributed by atoms with Crippen molar-refractivity contribution in [3.63, 3.8) is 0 Å². The van der Waals surface area contributed by atoms with Gasteiger partial charge in [-0.05, 0) is 20.3 Å². The molecule has 0 radical (unpaired) electrons. The van der Waals surface area contributed by atoms with Gasteiger partial charge in [0.05, 0.1) is 0 Å². The molecule has 0 saturated carbocycles. The summed E-state index contributed by atoms with van der Waals surface area (Å²) in [6, 6.07) is 0. The third-order valence-electron chi connectivity index (χ3n) is 0.689. The highest BCUT2D eigenvalue weighted by molar-refractivity contribution is 9.09. The molecule has 0 amide bonds. The van der Waals surface area contributed by atoms with Crippen LogP contribution in [0, 0.1) is 0 Å². The second kappa shape index (κ2) is 2.65. The van der Waals surface area contributed by atoms with Crippen LogP contribution in [0.15, 0.2) is 0 Å². The molecule has 0 saturated heterocycles. The first-order valence-electron chi connectivity index (χ1n) is 2.31. The van der Waals surface area contributed by atoms with E-state index < -0.39 is 5.67 Å². The zero-order valence-electron chi connectivity index (χ0n) is 4.67. The average molecular weight is 169 g/mol. The van der Waals surface area contributed by atoms with Gasteiger partial charge in [-0.1, -0.05) is 15.9 Å². The largest absolute Gasteiger partial charge is 0.244 e. The third-order valence-corrected chi connectivity index (χ3v) is 1.09. The first-order chi connectivity index (χ1) is 3.06. The molecule has 0 aromatic heterocycles. The van der Waals surface area contributed by atoms with Crippen LogP contribution in [0.1, 0.15) is 20.3 Å². The number of halogens is 2. The summed E-state index contributed by atoms with van der Waals surface area (Å²) >= 11 is 3.15. The Labute approximate surface area is 52.2 Å². The van der Waals surface area contributed by atoms with Crippen molar-refractivity contribution in [2.45, 2.75) is 25.9 Å². The zero-order valence-corrected chi connectivity index (χ0v) is 6.26. The van der Waals surface area contributed by atoms with Gasteiger partial charge in [0.25, 0.3) is 0 Å². The summed E-state index contributed by atoms with van der Waals surface area (Å²) in [7, 11) is 0. The molecule has 0 rings (SSSR count). The van der Waals surface area contributed by atoms with Gasteiger partial charge in [-0.25, -0.2) is 4.39 Å². The first-order valence-corrected chi connectivity index (χ1v) is 3.43. The molecule has 0 aliphatic carbocycles. The number of alkyl halides is 2. The second-order valence-electron chi connectivity index (χ2n) is 2.16. The maximum Gasteiger partial charge on any atom is 0.106 e. The molecule has 0 spiro atoms. The molecule has 0 heterocycles. The molecule has 0 aliphatic rings. The number of rotatable bonds is 2. The Morgan fingerprint density at radius 3 is 2.00 bits per heavy atom. The number of hydrogen-bond acceptors (Lipinski definition) is 0. The second-order valence-corrected chi connectivity index (χ2v) is 2.95. The normalized spacial score (nSPS) is 12.0. The van der Waals surface area contributed by atoms with E-state index in [0.29, 0.717) is 6.42 Å². The van der Waals surface area contributed by atoms with Gasteiger partial charge < -0.3 is 0 Å². The van der Waals surface area contributed by atoms with E-state index in [1.807, 2.05) is 0 Å². The minimum atomic E-state index is -0.997. The van der Waals surface area contributed by atoms with Crippen LogP contribution in [0.25, 0.3) is 0 Å². The van der Waals surface area contributed by atoms with Crippen molar-refractivity contribution in [1.29, 1.82) is 0 Å². The first kappa shape index (κ1) is 7.41. The van der Waals surface area contributed by atoms with Crippen LogP contribution < -0.4 is 0 Å². The molecule has 2 heteroatoms. The predicted octanol–water partition coefficient (Wildman–Crippen LogP) is 2.52. The summed E-state index contributed by atoms with van der Waals surface area (Å²) in [5.74, 6) is 0. The third kappa shape index (κ3) is 6.41. The monoisotopic (exact) mass is 168 g/mol. The van der Waals surface area contributed by atoms with Crippen molar-refractivity contribution in [3.8, 4) is 0 Å². The molecule has 0 nitrogen and oxygen atoms in total. The Kier molecular flexibility index (Phi) is 2.81. The molecule has 0 unspecified atom stereocenters. The minimum Gasteiger partial charge on any atom is -0.244 e. The van der Waals surface area contributed by atoms with Gasteiger partial charge in [-0.3, -0.25) is 0 Å². The molecular weight excluding hydrogens is 159 g/mol. The highest BCUT2D eigenvalue weighted by Gasteiger charge is 2.12. The standard InChI is InChI=1S/C5H10BrF/c1-5(2,7)3-4-6/h3-4H2,1-2H3.